The van der Waals surface area contributed by atoms with Crippen molar-refractivity contribution >= 4 is 0 Å². The van der Waals surface area contributed by atoms with Crippen molar-refractivity contribution in [3.8, 4) is 0 Å². The maximum atomic E-state index is 3.12. The molecule has 4 fully saturated rings. The molecule has 0 amide bonds. The summed E-state index contributed by atoms with van der Waals surface area (Å²) < 4.78 is 0. The first-order chi connectivity index (χ1) is 11.9. The van der Waals surface area contributed by atoms with Crippen molar-refractivity contribution in [1.29, 1.82) is 0 Å². The van der Waals surface area contributed by atoms with Gasteiger partial charge < -0.3 is 0 Å². The monoisotopic (exact) mass is 342 g/mol. The maximum absolute atomic E-state index is 3.12. The van der Waals surface area contributed by atoms with E-state index in [0.717, 1.165) is 35.5 Å². The Morgan fingerprint density at radius 2 is 1.56 bits per heavy atom. The summed E-state index contributed by atoms with van der Waals surface area (Å²) in [4.78, 5) is 0. The van der Waals surface area contributed by atoms with Crippen LogP contribution < -0.4 is 0 Å². The molecule has 0 heterocycles. The molecule has 4 aliphatic carbocycles. The number of rotatable bonds is 1. The second-order valence-corrected chi connectivity index (χ2v) is 10.4. The van der Waals surface area contributed by atoms with Gasteiger partial charge in [0, 0.05) is 0 Å². The molecule has 4 saturated carbocycles. The summed E-state index contributed by atoms with van der Waals surface area (Å²) in [6, 6.07) is 0. The van der Waals surface area contributed by atoms with Gasteiger partial charge in [-0.15, -0.1) is 5.73 Å². The predicted molar refractivity (Wildman–Crippen MR) is 109 cm³/mol. The normalized spacial score (nSPS) is 51.2. The third-order valence-electron chi connectivity index (χ3n) is 9.75. The van der Waals surface area contributed by atoms with Crippen LogP contribution in [0.2, 0.25) is 0 Å². The number of fused-ring (bicyclic) bond motifs is 5. The summed E-state index contributed by atoms with van der Waals surface area (Å²) in [6.45, 7) is 16.7. The van der Waals surface area contributed by atoms with Gasteiger partial charge in [0.1, 0.15) is 0 Å². The standard InChI is InChI=1S/C22H38.C3H4/c1-5-16-14-17-19-10-9-15(2)21(19,3)13-11-20(17)22(4)12-7-6-8-18(16)22;1-3-2/h15-20H,5-14H2,1-4H3;1-2H2/t15-,16?,17+,18?,19+,20+,21-,22+;/m1./s1. The Morgan fingerprint density at radius 1 is 0.880 bits per heavy atom. The Labute approximate surface area is 157 Å². The van der Waals surface area contributed by atoms with Crippen LogP contribution in [0.3, 0.4) is 0 Å². The van der Waals surface area contributed by atoms with E-state index in [2.05, 4.69) is 46.6 Å². The van der Waals surface area contributed by atoms with Gasteiger partial charge in [0.05, 0.1) is 0 Å². The third-order valence-corrected chi connectivity index (χ3v) is 9.75. The topological polar surface area (TPSA) is 0 Å². The fourth-order valence-corrected chi connectivity index (χ4v) is 8.28. The molecule has 0 aromatic rings. The van der Waals surface area contributed by atoms with E-state index in [1.807, 2.05) is 0 Å². The highest BCUT2D eigenvalue weighted by atomic mass is 14.6. The highest BCUT2D eigenvalue weighted by Crippen LogP contribution is 2.68. The molecular weight excluding hydrogens is 300 g/mol. The van der Waals surface area contributed by atoms with Gasteiger partial charge in [-0.25, -0.2) is 0 Å². The minimum absolute atomic E-state index is 0.692. The molecule has 0 aromatic carbocycles. The van der Waals surface area contributed by atoms with Crippen LogP contribution in [0.25, 0.3) is 0 Å². The van der Waals surface area contributed by atoms with Crippen LogP contribution in [0.15, 0.2) is 18.9 Å². The summed E-state index contributed by atoms with van der Waals surface area (Å²) in [7, 11) is 0. The van der Waals surface area contributed by atoms with Crippen LogP contribution >= 0.6 is 0 Å². The quantitative estimate of drug-likeness (QED) is 0.429. The highest BCUT2D eigenvalue weighted by molar-refractivity contribution is 5.09. The Bertz CT molecular complexity index is 498. The molecule has 4 aliphatic rings. The molecule has 4 rings (SSSR count). The van der Waals surface area contributed by atoms with Gasteiger partial charge in [0.2, 0.25) is 0 Å². The second-order valence-electron chi connectivity index (χ2n) is 10.4. The molecule has 0 aliphatic heterocycles. The van der Waals surface area contributed by atoms with Crippen molar-refractivity contribution in [2.75, 3.05) is 0 Å². The zero-order valence-corrected chi connectivity index (χ0v) is 17.4. The molecular formula is C25H42. The Hall–Kier alpha value is -0.480. The molecule has 0 radical (unpaired) electrons. The number of hydrogen-bond donors (Lipinski definition) is 0. The fourth-order valence-electron chi connectivity index (χ4n) is 8.28. The lowest BCUT2D eigenvalue weighted by atomic mass is 9.42. The molecule has 0 N–H and O–H groups in total. The maximum Gasteiger partial charge on any atom is -0.0264 e. The third kappa shape index (κ3) is 2.97. The predicted octanol–water partition coefficient (Wildman–Crippen LogP) is 7.65. The minimum atomic E-state index is 0.692. The molecule has 0 bridgehead atoms. The molecule has 0 spiro atoms. The lowest BCUT2D eigenvalue weighted by molar-refractivity contribution is -0.134. The van der Waals surface area contributed by atoms with Gasteiger partial charge in [-0.1, -0.05) is 60.1 Å². The highest BCUT2D eigenvalue weighted by Gasteiger charge is 2.60. The molecule has 25 heavy (non-hydrogen) atoms. The molecule has 142 valence electrons. The van der Waals surface area contributed by atoms with Gasteiger partial charge in [-0.05, 0) is 91.3 Å². The molecule has 0 heteroatoms. The summed E-state index contributed by atoms with van der Waals surface area (Å²) >= 11 is 0. The van der Waals surface area contributed by atoms with Crippen LogP contribution in [-0.4, -0.2) is 0 Å². The van der Waals surface area contributed by atoms with E-state index < -0.39 is 0 Å². The van der Waals surface area contributed by atoms with E-state index in [9.17, 15) is 0 Å². The summed E-state index contributed by atoms with van der Waals surface area (Å²) in [5.41, 5.74) is 3.65. The van der Waals surface area contributed by atoms with Gasteiger partial charge >= 0.3 is 0 Å². The Balaban J connectivity index is 0.000000569. The fraction of sp³-hybridized carbons (Fsp3) is 0.880. The van der Waals surface area contributed by atoms with Gasteiger partial charge in [0.25, 0.3) is 0 Å². The first-order valence-electron chi connectivity index (χ1n) is 11.2. The minimum Gasteiger partial charge on any atom is -0.137 e. The molecule has 8 atom stereocenters. The largest absolute Gasteiger partial charge is 0.137 e. The van der Waals surface area contributed by atoms with Crippen molar-refractivity contribution in [1.82, 2.24) is 0 Å². The molecule has 0 saturated heterocycles. The second kappa shape index (κ2) is 7.26. The Kier molecular flexibility index (Phi) is 5.60. The van der Waals surface area contributed by atoms with Crippen LogP contribution in [0, 0.1) is 46.3 Å². The van der Waals surface area contributed by atoms with Crippen molar-refractivity contribution in [2.45, 2.75) is 91.9 Å². The summed E-state index contributed by atoms with van der Waals surface area (Å²) in [5, 5.41) is 0. The van der Waals surface area contributed by atoms with Crippen LogP contribution in [0.5, 0.6) is 0 Å². The average molecular weight is 343 g/mol. The van der Waals surface area contributed by atoms with E-state index in [1.54, 1.807) is 38.5 Å². The summed E-state index contributed by atoms with van der Waals surface area (Å²) in [5.74, 6) is 6.31. The molecule has 2 unspecified atom stereocenters. The van der Waals surface area contributed by atoms with E-state index >= 15 is 0 Å². The zero-order chi connectivity index (χ0) is 18.2. The van der Waals surface area contributed by atoms with E-state index in [1.165, 1.54) is 25.7 Å². The van der Waals surface area contributed by atoms with Crippen molar-refractivity contribution in [2.24, 2.45) is 46.3 Å². The van der Waals surface area contributed by atoms with E-state index in [4.69, 9.17) is 0 Å². The smallest absolute Gasteiger partial charge is 0.0264 e. The van der Waals surface area contributed by atoms with Crippen molar-refractivity contribution < 1.29 is 0 Å². The van der Waals surface area contributed by atoms with Crippen LogP contribution in [-0.2, 0) is 0 Å². The van der Waals surface area contributed by atoms with Crippen molar-refractivity contribution in [3.05, 3.63) is 18.9 Å². The zero-order valence-electron chi connectivity index (χ0n) is 17.4. The van der Waals surface area contributed by atoms with E-state index in [0.29, 0.717) is 10.8 Å². The van der Waals surface area contributed by atoms with Crippen LogP contribution in [0.4, 0.5) is 0 Å². The SMILES string of the molecule is C=C=C.CCC1C[C@H]2[C@@H]3CC[C@@H](C)[C@@]3(C)CC[C@@H]2[C@@]2(C)CCCCC12. The van der Waals surface area contributed by atoms with Crippen LogP contribution in [0.1, 0.15) is 91.9 Å². The summed E-state index contributed by atoms with van der Waals surface area (Å²) in [6.07, 6.45) is 15.3. The number of hydrogen-bond acceptors (Lipinski definition) is 0. The van der Waals surface area contributed by atoms with Gasteiger partial charge in [-0.3, -0.25) is 0 Å². The average Bonchev–Trinajstić information content (AvgIpc) is 2.90. The molecule has 0 aromatic heterocycles. The first-order valence-corrected chi connectivity index (χ1v) is 11.2. The Morgan fingerprint density at radius 3 is 2.24 bits per heavy atom. The first kappa shape index (κ1) is 19.3. The molecule has 0 nitrogen and oxygen atoms in total. The van der Waals surface area contributed by atoms with Gasteiger partial charge in [-0.2, -0.15) is 0 Å². The lowest BCUT2D eigenvalue weighted by Crippen LogP contribution is -2.55. The van der Waals surface area contributed by atoms with E-state index in [-0.39, 0.29) is 0 Å². The lowest BCUT2D eigenvalue weighted by Gasteiger charge is -2.62. The van der Waals surface area contributed by atoms with Gasteiger partial charge in [0.15, 0.2) is 0 Å². The van der Waals surface area contributed by atoms with Crippen molar-refractivity contribution in [3.63, 3.8) is 0 Å².